The summed E-state index contributed by atoms with van der Waals surface area (Å²) in [6.07, 6.45) is -1.28. The molecule has 150 valence electrons. The zero-order valence-electron chi connectivity index (χ0n) is 14.7. The van der Waals surface area contributed by atoms with E-state index in [2.05, 4.69) is 26.0 Å². The van der Waals surface area contributed by atoms with Crippen molar-refractivity contribution in [3.8, 4) is 0 Å². The van der Waals surface area contributed by atoms with Gasteiger partial charge in [0.05, 0.1) is 15.0 Å². The second-order valence-corrected chi connectivity index (χ2v) is 9.70. The Morgan fingerprint density at radius 3 is 2.43 bits per heavy atom. The van der Waals surface area contributed by atoms with Gasteiger partial charge in [0.2, 0.25) is 0 Å². The molecule has 0 radical (unpaired) electrons. The standard InChI is InChI=1S/C16H16BrN3O6S2/c1-9(14(21)19-16(23)18-2)26-15(22)10-5-3-4-6-11(10)20-28(24,25)13-8-7-12(17)27-13/h3-9,20H,1-2H3,(H2,18,19,21,23). The Morgan fingerprint density at radius 1 is 1.14 bits per heavy atom. The van der Waals surface area contributed by atoms with Crippen LogP contribution in [-0.4, -0.2) is 39.5 Å². The summed E-state index contributed by atoms with van der Waals surface area (Å²) in [4.78, 5) is 35.4. The molecule has 28 heavy (non-hydrogen) atoms. The number of anilines is 1. The molecule has 1 unspecified atom stereocenters. The fourth-order valence-corrected chi connectivity index (χ4v) is 5.03. The van der Waals surface area contributed by atoms with Crippen molar-refractivity contribution in [2.45, 2.75) is 17.2 Å². The minimum Gasteiger partial charge on any atom is -0.449 e. The topological polar surface area (TPSA) is 131 Å². The lowest BCUT2D eigenvalue weighted by Crippen LogP contribution is -2.43. The van der Waals surface area contributed by atoms with Gasteiger partial charge in [0.15, 0.2) is 6.10 Å². The number of carbonyl (C=O) groups excluding carboxylic acids is 3. The summed E-state index contributed by atoms with van der Waals surface area (Å²) in [7, 11) is -2.59. The largest absolute Gasteiger partial charge is 0.449 e. The number of imide groups is 1. The molecule has 0 saturated heterocycles. The van der Waals surface area contributed by atoms with Crippen LogP contribution >= 0.6 is 27.3 Å². The number of benzene rings is 1. The van der Waals surface area contributed by atoms with Gasteiger partial charge in [-0.25, -0.2) is 18.0 Å². The first-order valence-corrected chi connectivity index (χ1v) is 10.8. The number of halogens is 1. The summed E-state index contributed by atoms with van der Waals surface area (Å²) >= 11 is 4.21. The second kappa shape index (κ2) is 9.17. The second-order valence-electron chi connectivity index (χ2n) is 5.33. The van der Waals surface area contributed by atoms with Gasteiger partial charge < -0.3 is 10.1 Å². The number of urea groups is 1. The van der Waals surface area contributed by atoms with Crippen LogP contribution in [0.3, 0.4) is 0 Å². The molecule has 2 rings (SSSR count). The van der Waals surface area contributed by atoms with Crippen molar-refractivity contribution < 1.29 is 27.5 Å². The molecule has 0 fully saturated rings. The molecule has 0 spiro atoms. The number of rotatable bonds is 6. The summed E-state index contributed by atoms with van der Waals surface area (Å²) in [6.45, 7) is 1.28. The van der Waals surface area contributed by atoms with E-state index in [0.29, 0.717) is 3.79 Å². The number of hydrogen-bond acceptors (Lipinski definition) is 7. The summed E-state index contributed by atoms with van der Waals surface area (Å²) in [5.41, 5.74) is -0.0859. The third-order valence-corrected chi connectivity index (χ3v) is 6.80. The number of esters is 1. The normalized spacial score (nSPS) is 12.0. The van der Waals surface area contributed by atoms with Crippen LogP contribution in [0.5, 0.6) is 0 Å². The maximum atomic E-state index is 12.5. The van der Waals surface area contributed by atoms with Gasteiger partial charge in [-0.3, -0.25) is 14.8 Å². The number of thiophene rings is 1. The van der Waals surface area contributed by atoms with Crippen LogP contribution in [0.15, 0.2) is 44.4 Å². The molecule has 0 bridgehead atoms. The first kappa shape index (κ1) is 21.9. The highest BCUT2D eigenvalue weighted by molar-refractivity contribution is 9.11. The van der Waals surface area contributed by atoms with Crippen LogP contribution < -0.4 is 15.4 Å². The smallest absolute Gasteiger partial charge is 0.341 e. The van der Waals surface area contributed by atoms with Crippen LogP contribution in [0.4, 0.5) is 10.5 Å². The van der Waals surface area contributed by atoms with Crippen molar-refractivity contribution in [2.75, 3.05) is 11.8 Å². The van der Waals surface area contributed by atoms with Gasteiger partial charge in [-0.15, -0.1) is 11.3 Å². The monoisotopic (exact) mass is 489 g/mol. The van der Waals surface area contributed by atoms with Gasteiger partial charge in [0.1, 0.15) is 4.21 Å². The molecule has 1 aromatic heterocycles. The van der Waals surface area contributed by atoms with Gasteiger partial charge in [-0.05, 0) is 47.1 Å². The van der Waals surface area contributed by atoms with E-state index in [0.717, 1.165) is 11.3 Å². The summed E-state index contributed by atoms with van der Waals surface area (Å²) in [6, 6.07) is 8.07. The lowest BCUT2D eigenvalue weighted by atomic mass is 10.2. The molecular weight excluding hydrogens is 474 g/mol. The molecule has 1 aromatic carbocycles. The van der Waals surface area contributed by atoms with Crippen molar-refractivity contribution in [1.29, 1.82) is 0 Å². The first-order chi connectivity index (χ1) is 13.1. The van der Waals surface area contributed by atoms with E-state index in [9.17, 15) is 22.8 Å². The first-order valence-electron chi connectivity index (χ1n) is 7.75. The van der Waals surface area contributed by atoms with E-state index >= 15 is 0 Å². The molecule has 12 heteroatoms. The summed E-state index contributed by atoms with van der Waals surface area (Å²) in [5.74, 6) is -1.75. The Balaban J connectivity index is 2.18. The van der Waals surface area contributed by atoms with E-state index in [1.165, 1.54) is 38.2 Å². The van der Waals surface area contributed by atoms with Crippen molar-refractivity contribution >= 4 is 60.9 Å². The SMILES string of the molecule is CNC(=O)NC(=O)C(C)OC(=O)c1ccccc1NS(=O)(=O)c1ccc(Br)s1. The zero-order valence-corrected chi connectivity index (χ0v) is 17.9. The maximum absolute atomic E-state index is 12.5. The Kier molecular flexibility index (Phi) is 7.16. The summed E-state index contributed by atoms with van der Waals surface area (Å²) < 4.78 is 33.1. The highest BCUT2D eigenvalue weighted by atomic mass is 79.9. The molecule has 2 aromatic rings. The Hall–Kier alpha value is -2.44. The van der Waals surface area contributed by atoms with E-state index in [4.69, 9.17) is 4.74 Å². The van der Waals surface area contributed by atoms with Crippen LogP contribution in [-0.2, 0) is 19.6 Å². The Labute approximate surface area is 173 Å². The highest BCUT2D eigenvalue weighted by Gasteiger charge is 2.24. The van der Waals surface area contributed by atoms with Crippen molar-refractivity contribution in [3.05, 3.63) is 45.7 Å². The number of nitrogens with one attached hydrogen (secondary N) is 3. The minimum atomic E-state index is -3.91. The fourth-order valence-electron chi connectivity index (χ4n) is 1.94. The van der Waals surface area contributed by atoms with Gasteiger partial charge in [0, 0.05) is 7.05 Å². The van der Waals surface area contributed by atoms with Crippen LogP contribution in [0.1, 0.15) is 17.3 Å². The van der Waals surface area contributed by atoms with E-state index < -0.39 is 34.0 Å². The highest BCUT2D eigenvalue weighted by Crippen LogP contribution is 2.28. The molecular formula is C16H16BrN3O6S2. The van der Waals surface area contributed by atoms with Gasteiger partial charge in [-0.2, -0.15) is 0 Å². The predicted octanol–water partition coefficient (Wildman–Crippen LogP) is 2.31. The third-order valence-electron chi connectivity index (χ3n) is 3.32. The van der Waals surface area contributed by atoms with Crippen LogP contribution in [0, 0.1) is 0 Å². The van der Waals surface area contributed by atoms with Crippen molar-refractivity contribution in [1.82, 2.24) is 10.6 Å². The molecule has 3 N–H and O–H groups in total. The maximum Gasteiger partial charge on any atom is 0.341 e. The van der Waals surface area contributed by atoms with Crippen LogP contribution in [0.25, 0.3) is 0 Å². The molecule has 0 aliphatic heterocycles. The lowest BCUT2D eigenvalue weighted by Gasteiger charge is -2.15. The molecule has 0 aliphatic carbocycles. The number of ether oxygens (including phenoxy) is 1. The number of amides is 3. The van der Waals surface area contributed by atoms with E-state index in [1.54, 1.807) is 12.1 Å². The van der Waals surface area contributed by atoms with E-state index in [-0.39, 0.29) is 15.5 Å². The number of hydrogen-bond donors (Lipinski definition) is 3. The van der Waals surface area contributed by atoms with Crippen LogP contribution in [0.2, 0.25) is 0 Å². The van der Waals surface area contributed by atoms with Gasteiger partial charge in [0.25, 0.3) is 15.9 Å². The average molecular weight is 490 g/mol. The predicted molar refractivity (Wildman–Crippen MR) is 107 cm³/mol. The fraction of sp³-hybridized carbons (Fsp3) is 0.188. The summed E-state index contributed by atoms with van der Waals surface area (Å²) in [5, 5.41) is 4.18. The zero-order chi connectivity index (χ0) is 20.9. The van der Waals surface area contributed by atoms with Gasteiger partial charge in [-0.1, -0.05) is 12.1 Å². The quantitative estimate of drug-likeness (QED) is 0.533. The van der Waals surface area contributed by atoms with E-state index in [1.807, 2.05) is 5.32 Å². The third kappa shape index (κ3) is 5.53. The molecule has 1 heterocycles. The number of para-hydroxylation sites is 1. The number of carbonyl (C=O) groups is 3. The molecule has 1 atom stereocenters. The molecule has 9 nitrogen and oxygen atoms in total. The lowest BCUT2D eigenvalue weighted by molar-refractivity contribution is -0.127. The molecule has 0 saturated carbocycles. The Bertz CT molecular complexity index is 1010. The average Bonchev–Trinajstić information content (AvgIpc) is 3.09. The Morgan fingerprint density at radius 2 is 1.82 bits per heavy atom. The molecule has 0 aliphatic rings. The van der Waals surface area contributed by atoms with Crippen molar-refractivity contribution in [2.24, 2.45) is 0 Å². The van der Waals surface area contributed by atoms with Crippen molar-refractivity contribution in [3.63, 3.8) is 0 Å². The van der Waals surface area contributed by atoms with Gasteiger partial charge >= 0.3 is 12.0 Å². The minimum absolute atomic E-state index is 0.00377. The number of sulfonamides is 1. The molecule has 3 amide bonds.